The van der Waals surface area contributed by atoms with Gasteiger partial charge in [-0.05, 0) is 6.42 Å². The number of aromatic amines is 1. The first-order valence-electron chi connectivity index (χ1n) is 19.7. The zero-order valence-electron chi connectivity index (χ0n) is 31.6. The number of nitrogens with zero attached hydrogens (tertiary/aromatic N) is 3. The van der Waals surface area contributed by atoms with Crippen LogP contribution in [0.5, 0.6) is 0 Å². The van der Waals surface area contributed by atoms with Crippen LogP contribution < -0.4 is 22.3 Å². The molecule has 0 aliphatic carbocycles. The summed E-state index contributed by atoms with van der Waals surface area (Å²) >= 11 is 0. The van der Waals surface area contributed by atoms with Gasteiger partial charge in [0.1, 0.15) is 30.8 Å². The molecule has 0 radical (unpaired) electrons. The van der Waals surface area contributed by atoms with Gasteiger partial charge in [-0.3, -0.25) is 28.0 Å². The van der Waals surface area contributed by atoms with E-state index in [1.54, 1.807) is 4.98 Å². The molecular formula is C36H58F2N5O11P. The van der Waals surface area contributed by atoms with Gasteiger partial charge in [-0.2, -0.15) is 9.37 Å². The molecule has 2 aliphatic rings. The van der Waals surface area contributed by atoms with Gasteiger partial charge in [0.15, 0.2) is 11.6 Å². The second kappa shape index (κ2) is 22.8. The zero-order valence-corrected chi connectivity index (χ0v) is 32.5. The molecule has 0 aromatic carbocycles. The molecule has 0 amide bonds. The SMILES string of the molecule is CCCCCCCCCCCCCCCCCCNc1nc(=O)n([C@H]2C[C@H](O)[C@@H](COP(=O)(O)O[C@H]3C[C@H](n4cc(F)c(=O)[nH]c4=O)O[C@@H]3CO)O2)cc1F. The van der Waals surface area contributed by atoms with E-state index in [9.17, 15) is 42.8 Å². The largest absolute Gasteiger partial charge is 0.472 e. The van der Waals surface area contributed by atoms with Gasteiger partial charge in [0, 0.05) is 19.4 Å². The van der Waals surface area contributed by atoms with Gasteiger partial charge in [-0.1, -0.05) is 103 Å². The quantitative estimate of drug-likeness (QED) is 0.0613. The Morgan fingerprint density at radius 3 is 2.00 bits per heavy atom. The van der Waals surface area contributed by atoms with Crippen molar-refractivity contribution in [1.82, 2.24) is 19.1 Å². The van der Waals surface area contributed by atoms with Crippen molar-refractivity contribution in [1.29, 1.82) is 0 Å². The fourth-order valence-corrected chi connectivity index (χ4v) is 7.84. The van der Waals surface area contributed by atoms with Crippen molar-refractivity contribution in [2.45, 2.75) is 159 Å². The average molecular weight is 806 g/mol. The summed E-state index contributed by atoms with van der Waals surface area (Å²) in [6.07, 6.45) is 13.5. The van der Waals surface area contributed by atoms with Crippen LogP contribution in [0.4, 0.5) is 14.6 Å². The van der Waals surface area contributed by atoms with Crippen LogP contribution in [0.3, 0.4) is 0 Å². The second-order valence-corrected chi connectivity index (χ2v) is 15.8. The third-order valence-electron chi connectivity index (χ3n) is 10.0. The maximum absolute atomic E-state index is 14.9. The van der Waals surface area contributed by atoms with Gasteiger partial charge in [-0.25, -0.2) is 18.5 Å². The van der Waals surface area contributed by atoms with Gasteiger partial charge in [0.05, 0.1) is 31.7 Å². The van der Waals surface area contributed by atoms with Crippen LogP contribution in [0, 0.1) is 11.6 Å². The highest BCUT2D eigenvalue weighted by atomic mass is 31.2. The maximum Gasteiger partial charge on any atom is 0.472 e. The van der Waals surface area contributed by atoms with E-state index in [0.717, 1.165) is 36.4 Å². The highest BCUT2D eigenvalue weighted by molar-refractivity contribution is 7.47. The smallest absolute Gasteiger partial charge is 0.394 e. The van der Waals surface area contributed by atoms with E-state index in [0.29, 0.717) is 17.3 Å². The molecule has 5 N–H and O–H groups in total. The van der Waals surface area contributed by atoms with Crippen molar-refractivity contribution in [2.24, 2.45) is 0 Å². The van der Waals surface area contributed by atoms with Crippen molar-refractivity contribution >= 4 is 13.6 Å². The van der Waals surface area contributed by atoms with Crippen LogP contribution in [0.2, 0.25) is 0 Å². The molecule has 16 nitrogen and oxygen atoms in total. The van der Waals surface area contributed by atoms with Gasteiger partial charge in [-0.15, -0.1) is 0 Å². The van der Waals surface area contributed by atoms with E-state index < -0.39 is 86.5 Å². The van der Waals surface area contributed by atoms with E-state index in [2.05, 4.69) is 17.2 Å². The highest BCUT2D eigenvalue weighted by Crippen LogP contribution is 2.49. The summed E-state index contributed by atoms with van der Waals surface area (Å²) in [5, 5.41) is 23.1. The lowest BCUT2D eigenvalue weighted by molar-refractivity contribution is -0.0577. The van der Waals surface area contributed by atoms with Crippen molar-refractivity contribution < 1.29 is 47.0 Å². The normalized spacial score (nSPS) is 23.7. The molecule has 1 unspecified atom stereocenters. The van der Waals surface area contributed by atoms with Crippen LogP contribution in [0.15, 0.2) is 26.8 Å². The molecule has 19 heteroatoms. The molecular weight excluding hydrogens is 747 g/mol. The van der Waals surface area contributed by atoms with Crippen molar-refractivity contribution in [3.05, 3.63) is 55.4 Å². The molecule has 0 spiro atoms. The summed E-state index contributed by atoms with van der Waals surface area (Å²) in [6.45, 7) is 1.30. The van der Waals surface area contributed by atoms with E-state index in [4.69, 9.17) is 18.5 Å². The van der Waals surface area contributed by atoms with Crippen LogP contribution in [0.1, 0.15) is 135 Å². The Hall–Kier alpha value is -2.83. The topological polar surface area (TPSA) is 216 Å². The third-order valence-corrected chi connectivity index (χ3v) is 11.0. The molecule has 2 aromatic rings. The molecule has 4 heterocycles. The molecule has 7 atom stereocenters. The summed E-state index contributed by atoms with van der Waals surface area (Å²) < 4.78 is 64.4. The first kappa shape index (κ1) is 44.9. The lowest BCUT2D eigenvalue weighted by Gasteiger charge is -2.22. The molecule has 2 aliphatic heterocycles. The number of aliphatic hydroxyl groups is 2. The number of nitrogens with one attached hydrogen (secondary N) is 2. The molecule has 2 saturated heterocycles. The van der Waals surface area contributed by atoms with E-state index in [-0.39, 0.29) is 18.7 Å². The zero-order chi connectivity index (χ0) is 39.8. The predicted octanol–water partition coefficient (Wildman–Crippen LogP) is 5.18. The van der Waals surface area contributed by atoms with Crippen LogP contribution in [0.25, 0.3) is 0 Å². The number of hydrogen-bond donors (Lipinski definition) is 5. The van der Waals surface area contributed by atoms with E-state index in [1.807, 2.05) is 0 Å². The van der Waals surface area contributed by atoms with Crippen molar-refractivity contribution in [3.8, 4) is 0 Å². The molecule has 2 aromatic heterocycles. The standard InChI is InChI=1S/C36H58F2N5O11P/c1-2-3-4-5-6-7-8-9-10-11-12-13-14-15-16-17-18-39-33-25(37)21-42(35(47)40-33)31-19-27(45)30(53-31)24-51-55(49,50)54-28-20-32(52-29(28)23-44)43-22-26(38)34(46)41-36(43)48/h21-22,27-32,44-45H,2-20,23-24H2,1H3,(H,49,50)(H,39,40,47)(H,41,46,48)/t27-,28-,29+,30+,31+,32+/m0/s1. The number of unbranched alkanes of at least 4 members (excludes halogenated alkanes) is 15. The highest BCUT2D eigenvalue weighted by Gasteiger charge is 2.43. The van der Waals surface area contributed by atoms with Gasteiger partial charge in [0.2, 0.25) is 5.82 Å². The van der Waals surface area contributed by atoms with Gasteiger partial charge < -0.3 is 29.9 Å². The number of anilines is 1. The minimum Gasteiger partial charge on any atom is -0.394 e. The number of aliphatic hydroxyl groups excluding tert-OH is 2. The van der Waals surface area contributed by atoms with E-state index in [1.165, 1.54) is 77.0 Å². The second-order valence-electron chi connectivity index (χ2n) is 14.4. The molecule has 55 heavy (non-hydrogen) atoms. The van der Waals surface area contributed by atoms with Gasteiger partial charge in [0.25, 0.3) is 5.56 Å². The number of aromatic nitrogens is 4. The van der Waals surface area contributed by atoms with Crippen LogP contribution in [-0.4, -0.2) is 78.4 Å². The fraction of sp³-hybridized carbons (Fsp3) is 0.778. The lowest BCUT2D eigenvalue weighted by atomic mass is 10.0. The molecule has 4 rings (SSSR count). The Kier molecular flexibility index (Phi) is 18.6. The summed E-state index contributed by atoms with van der Waals surface area (Å²) in [5.41, 5.74) is -3.07. The number of phosphoric ester groups is 1. The van der Waals surface area contributed by atoms with Crippen molar-refractivity contribution in [2.75, 3.05) is 25.1 Å². The third kappa shape index (κ3) is 14.3. The molecule has 0 saturated carbocycles. The molecule has 312 valence electrons. The fourth-order valence-electron chi connectivity index (χ4n) is 6.88. The molecule has 2 fully saturated rings. The Morgan fingerprint density at radius 1 is 0.855 bits per heavy atom. The molecule has 0 bridgehead atoms. The minimum absolute atomic E-state index is 0.174. The first-order chi connectivity index (χ1) is 26.4. The van der Waals surface area contributed by atoms with Crippen LogP contribution >= 0.6 is 7.82 Å². The monoisotopic (exact) mass is 805 g/mol. The summed E-state index contributed by atoms with van der Waals surface area (Å²) in [4.78, 5) is 52.2. The lowest BCUT2D eigenvalue weighted by Crippen LogP contribution is -2.34. The summed E-state index contributed by atoms with van der Waals surface area (Å²) in [5.74, 6) is -2.25. The number of H-pyrrole nitrogens is 1. The Bertz CT molecular complexity index is 1690. The predicted molar refractivity (Wildman–Crippen MR) is 199 cm³/mol. The Morgan fingerprint density at radius 2 is 1.40 bits per heavy atom. The van der Waals surface area contributed by atoms with Crippen molar-refractivity contribution in [3.63, 3.8) is 0 Å². The number of halogens is 2. The maximum atomic E-state index is 14.9. The first-order valence-corrected chi connectivity index (χ1v) is 21.2. The summed E-state index contributed by atoms with van der Waals surface area (Å²) in [6, 6.07) is 0. The summed E-state index contributed by atoms with van der Waals surface area (Å²) in [7, 11) is -4.92. The number of hydrogen-bond acceptors (Lipinski definition) is 12. The number of rotatable bonds is 26. The minimum atomic E-state index is -4.92. The average Bonchev–Trinajstić information content (AvgIpc) is 3.73. The Balaban J connectivity index is 1.13. The van der Waals surface area contributed by atoms with E-state index >= 15 is 0 Å². The number of phosphoric acid groups is 1. The number of ether oxygens (including phenoxy) is 2. The van der Waals surface area contributed by atoms with Crippen LogP contribution in [-0.2, 0) is 23.1 Å². The van der Waals surface area contributed by atoms with Gasteiger partial charge >= 0.3 is 19.2 Å². The Labute approximate surface area is 319 Å².